The molecule has 0 amide bonds. The van der Waals surface area contributed by atoms with Gasteiger partial charge < -0.3 is 4.74 Å². The zero-order valence-electron chi connectivity index (χ0n) is 9.43. The van der Waals surface area contributed by atoms with E-state index in [0.717, 1.165) is 23.1 Å². The highest BCUT2D eigenvalue weighted by atomic mass is 32.2. The standard InChI is InChI=1S/C12H14N2OS/c1-3-7-16-10-6-4-5-9-11(10)13-8-14-12(9)15-2/h4-6,8H,3,7H2,1-2H3. The number of methoxy groups -OCH3 is 1. The van der Waals surface area contributed by atoms with Gasteiger partial charge in [0.2, 0.25) is 5.88 Å². The zero-order valence-corrected chi connectivity index (χ0v) is 10.3. The third-order valence-corrected chi connectivity index (χ3v) is 3.50. The van der Waals surface area contributed by atoms with Crippen molar-refractivity contribution in [3.63, 3.8) is 0 Å². The second-order valence-electron chi connectivity index (χ2n) is 3.38. The van der Waals surface area contributed by atoms with Gasteiger partial charge in [0.05, 0.1) is 18.0 Å². The van der Waals surface area contributed by atoms with Gasteiger partial charge in [0.1, 0.15) is 6.33 Å². The minimum absolute atomic E-state index is 0.643. The fourth-order valence-corrected chi connectivity index (χ4v) is 2.43. The maximum Gasteiger partial charge on any atom is 0.224 e. The van der Waals surface area contributed by atoms with Crippen molar-refractivity contribution in [2.45, 2.75) is 18.2 Å². The summed E-state index contributed by atoms with van der Waals surface area (Å²) in [6, 6.07) is 6.10. The highest BCUT2D eigenvalue weighted by molar-refractivity contribution is 7.99. The highest BCUT2D eigenvalue weighted by Crippen LogP contribution is 2.30. The van der Waals surface area contributed by atoms with Crippen LogP contribution in [0.1, 0.15) is 13.3 Å². The van der Waals surface area contributed by atoms with Gasteiger partial charge >= 0.3 is 0 Å². The number of aromatic nitrogens is 2. The van der Waals surface area contributed by atoms with Crippen LogP contribution in [0.4, 0.5) is 0 Å². The fraction of sp³-hybridized carbons (Fsp3) is 0.333. The van der Waals surface area contributed by atoms with Crippen molar-refractivity contribution in [3.8, 4) is 5.88 Å². The van der Waals surface area contributed by atoms with Crippen molar-refractivity contribution in [1.82, 2.24) is 9.97 Å². The van der Waals surface area contributed by atoms with E-state index < -0.39 is 0 Å². The molecule has 0 fully saturated rings. The Bertz CT molecular complexity index is 487. The van der Waals surface area contributed by atoms with Crippen LogP contribution in [-0.2, 0) is 0 Å². The molecule has 0 aliphatic rings. The van der Waals surface area contributed by atoms with Crippen LogP contribution < -0.4 is 4.74 Å². The average Bonchev–Trinajstić information content (AvgIpc) is 2.35. The summed E-state index contributed by atoms with van der Waals surface area (Å²) in [7, 11) is 1.63. The summed E-state index contributed by atoms with van der Waals surface area (Å²) in [5, 5.41) is 0.978. The lowest BCUT2D eigenvalue weighted by Gasteiger charge is -2.06. The Morgan fingerprint density at radius 3 is 2.94 bits per heavy atom. The minimum atomic E-state index is 0.643. The van der Waals surface area contributed by atoms with Crippen molar-refractivity contribution >= 4 is 22.7 Å². The Morgan fingerprint density at radius 2 is 2.19 bits per heavy atom. The first-order chi connectivity index (χ1) is 7.86. The second-order valence-corrected chi connectivity index (χ2v) is 4.52. The molecule has 0 aliphatic carbocycles. The number of thioether (sulfide) groups is 1. The van der Waals surface area contributed by atoms with E-state index in [1.54, 1.807) is 13.4 Å². The molecule has 0 saturated heterocycles. The lowest BCUT2D eigenvalue weighted by molar-refractivity contribution is 0.402. The Morgan fingerprint density at radius 1 is 1.31 bits per heavy atom. The number of benzene rings is 1. The van der Waals surface area contributed by atoms with E-state index in [0.29, 0.717) is 5.88 Å². The van der Waals surface area contributed by atoms with Crippen molar-refractivity contribution < 1.29 is 4.74 Å². The van der Waals surface area contributed by atoms with Crippen molar-refractivity contribution in [3.05, 3.63) is 24.5 Å². The number of hydrogen-bond acceptors (Lipinski definition) is 4. The summed E-state index contributed by atoms with van der Waals surface area (Å²) in [5.41, 5.74) is 0.979. The Kier molecular flexibility index (Phi) is 3.62. The molecule has 1 aromatic heterocycles. The molecule has 16 heavy (non-hydrogen) atoms. The highest BCUT2D eigenvalue weighted by Gasteiger charge is 2.07. The van der Waals surface area contributed by atoms with Gasteiger partial charge in [0.25, 0.3) is 0 Å². The lowest BCUT2D eigenvalue weighted by Crippen LogP contribution is -1.92. The molecule has 0 aliphatic heterocycles. The van der Waals surface area contributed by atoms with Gasteiger partial charge in [-0.05, 0) is 24.3 Å². The Hall–Kier alpha value is -1.29. The van der Waals surface area contributed by atoms with Crippen molar-refractivity contribution in [2.24, 2.45) is 0 Å². The van der Waals surface area contributed by atoms with Crippen LogP contribution in [0.3, 0.4) is 0 Å². The third-order valence-electron chi connectivity index (χ3n) is 2.25. The first-order valence-corrected chi connectivity index (χ1v) is 6.26. The molecule has 84 valence electrons. The SMILES string of the molecule is CCCSc1cccc2c(OC)ncnc12. The lowest BCUT2D eigenvalue weighted by atomic mass is 10.2. The number of ether oxygens (including phenoxy) is 1. The summed E-state index contributed by atoms with van der Waals surface area (Å²) in [5.74, 6) is 1.75. The molecule has 0 atom stereocenters. The van der Waals surface area contributed by atoms with Gasteiger partial charge in [0, 0.05) is 4.90 Å². The molecule has 0 radical (unpaired) electrons. The second kappa shape index (κ2) is 5.16. The van der Waals surface area contributed by atoms with Gasteiger partial charge in [0.15, 0.2) is 0 Å². The van der Waals surface area contributed by atoms with E-state index in [1.165, 1.54) is 4.90 Å². The predicted molar refractivity (Wildman–Crippen MR) is 67.1 cm³/mol. The van der Waals surface area contributed by atoms with Crippen molar-refractivity contribution in [2.75, 3.05) is 12.9 Å². The van der Waals surface area contributed by atoms with Crippen LogP contribution in [0.15, 0.2) is 29.4 Å². The summed E-state index contributed by atoms with van der Waals surface area (Å²) in [6.07, 6.45) is 2.71. The quantitative estimate of drug-likeness (QED) is 0.761. The van der Waals surface area contributed by atoms with E-state index >= 15 is 0 Å². The molecule has 4 heteroatoms. The summed E-state index contributed by atoms with van der Waals surface area (Å²) >= 11 is 1.82. The van der Waals surface area contributed by atoms with Gasteiger partial charge in [-0.1, -0.05) is 13.0 Å². The predicted octanol–water partition coefficient (Wildman–Crippen LogP) is 3.14. The van der Waals surface area contributed by atoms with Gasteiger partial charge in [-0.25, -0.2) is 9.97 Å². The number of fused-ring (bicyclic) bond motifs is 1. The van der Waals surface area contributed by atoms with Crippen LogP contribution >= 0.6 is 11.8 Å². The van der Waals surface area contributed by atoms with E-state index in [1.807, 2.05) is 23.9 Å². The third kappa shape index (κ3) is 2.11. The molecule has 0 saturated carbocycles. The van der Waals surface area contributed by atoms with Gasteiger partial charge in [-0.15, -0.1) is 11.8 Å². The normalized spacial score (nSPS) is 10.6. The topological polar surface area (TPSA) is 35.0 Å². The Balaban J connectivity index is 2.51. The summed E-state index contributed by atoms with van der Waals surface area (Å²) in [6.45, 7) is 2.17. The maximum absolute atomic E-state index is 5.23. The molecule has 0 N–H and O–H groups in total. The molecular weight excluding hydrogens is 220 g/mol. The molecule has 0 unspecified atom stereocenters. The summed E-state index contributed by atoms with van der Waals surface area (Å²) < 4.78 is 5.23. The molecule has 1 aromatic carbocycles. The molecule has 0 spiro atoms. The zero-order chi connectivity index (χ0) is 11.4. The van der Waals surface area contributed by atoms with Crippen LogP contribution in [0.2, 0.25) is 0 Å². The van der Waals surface area contributed by atoms with Crippen LogP contribution in [0.25, 0.3) is 10.9 Å². The van der Waals surface area contributed by atoms with E-state index in [2.05, 4.69) is 23.0 Å². The molecule has 2 aromatic rings. The first-order valence-electron chi connectivity index (χ1n) is 5.27. The molecule has 0 bridgehead atoms. The van der Waals surface area contributed by atoms with Crippen molar-refractivity contribution in [1.29, 1.82) is 0 Å². The summed E-state index contributed by atoms with van der Waals surface area (Å²) in [4.78, 5) is 9.63. The fourth-order valence-electron chi connectivity index (χ4n) is 1.53. The maximum atomic E-state index is 5.23. The molecule has 2 rings (SSSR count). The largest absolute Gasteiger partial charge is 0.480 e. The number of nitrogens with zero attached hydrogens (tertiary/aromatic N) is 2. The van der Waals surface area contributed by atoms with Crippen LogP contribution in [0, 0.1) is 0 Å². The number of rotatable bonds is 4. The number of para-hydroxylation sites is 1. The average molecular weight is 234 g/mol. The molecule has 1 heterocycles. The Labute approximate surface area is 99.2 Å². The van der Waals surface area contributed by atoms with Gasteiger partial charge in [-0.3, -0.25) is 0 Å². The monoisotopic (exact) mass is 234 g/mol. The molecular formula is C12H14N2OS. The van der Waals surface area contributed by atoms with Gasteiger partial charge in [-0.2, -0.15) is 0 Å². The van der Waals surface area contributed by atoms with E-state index in [4.69, 9.17) is 4.74 Å². The van der Waals surface area contributed by atoms with Crippen LogP contribution in [0.5, 0.6) is 5.88 Å². The number of hydrogen-bond donors (Lipinski definition) is 0. The van der Waals surface area contributed by atoms with E-state index in [-0.39, 0.29) is 0 Å². The smallest absolute Gasteiger partial charge is 0.224 e. The first kappa shape index (κ1) is 11.2. The van der Waals surface area contributed by atoms with Crippen LogP contribution in [-0.4, -0.2) is 22.8 Å². The van der Waals surface area contributed by atoms with E-state index in [9.17, 15) is 0 Å². The minimum Gasteiger partial charge on any atom is -0.480 e. The molecule has 3 nitrogen and oxygen atoms in total.